The molecule has 0 heterocycles. The van der Waals surface area contributed by atoms with Crippen molar-refractivity contribution < 1.29 is 69.0 Å². The normalized spacial score (nSPS) is 12.9. The van der Waals surface area contributed by atoms with Gasteiger partial charge < -0.3 is 30.6 Å². The van der Waals surface area contributed by atoms with Crippen LogP contribution in [0.15, 0.2) is 17.7 Å². The van der Waals surface area contributed by atoms with Gasteiger partial charge in [-0.25, -0.2) is 28.8 Å². The smallest absolute Gasteiger partial charge is 0.340 e. The summed E-state index contributed by atoms with van der Waals surface area (Å²) in [5.41, 5.74) is -10.3. The molecule has 6 N–H and O–H groups in total. The summed E-state index contributed by atoms with van der Waals surface area (Å²) in [6, 6.07) is 1.14. The third-order valence-electron chi connectivity index (χ3n) is 4.90. The fraction of sp³-hybridized carbons (Fsp3) is 0. The Morgan fingerprint density at radius 3 is 1.44 bits per heavy atom. The fourth-order valence-corrected chi connectivity index (χ4v) is 3.72. The van der Waals surface area contributed by atoms with Gasteiger partial charge in [0.2, 0.25) is 11.6 Å². The minimum absolute atomic E-state index is 0.537. The molecule has 172 valence electrons. The topological polar surface area (TPSA) is 258 Å². The number of carboxylic acid groups (broad SMARTS) is 6. The molecule has 14 heteroatoms. The van der Waals surface area contributed by atoms with E-state index in [0.717, 1.165) is 0 Å². The van der Waals surface area contributed by atoms with Crippen molar-refractivity contribution in [3.63, 3.8) is 0 Å². The number of Topliss-reactive ketones (excluding diaryl/α,β-unsaturated/α-hetero) is 2. The van der Waals surface area contributed by atoms with Gasteiger partial charge in [0.1, 0.15) is 5.57 Å². The van der Waals surface area contributed by atoms with Crippen LogP contribution in [0.3, 0.4) is 0 Å². The molecule has 0 bridgehead atoms. The van der Waals surface area contributed by atoms with E-state index in [-0.39, 0.29) is 0 Å². The number of ketones is 2. The zero-order valence-corrected chi connectivity index (χ0v) is 16.1. The molecule has 0 radical (unpaired) electrons. The Balaban J connectivity index is 2.82. The van der Waals surface area contributed by atoms with Gasteiger partial charge in [0, 0.05) is 16.5 Å². The fourth-order valence-electron chi connectivity index (χ4n) is 3.72. The van der Waals surface area contributed by atoms with E-state index in [2.05, 4.69) is 0 Å². The molecule has 0 atom stereocenters. The molecule has 2 aromatic rings. The van der Waals surface area contributed by atoms with E-state index in [0.29, 0.717) is 12.1 Å². The van der Waals surface area contributed by atoms with Crippen molar-refractivity contribution >= 4 is 63.7 Å². The monoisotopic (exact) mass is 472 g/mol. The van der Waals surface area contributed by atoms with Crippen LogP contribution < -0.4 is 0 Å². The highest BCUT2D eigenvalue weighted by atomic mass is 16.4. The van der Waals surface area contributed by atoms with E-state index >= 15 is 0 Å². The van der Waals surface area contributed by atoms with Gasteiger partial charge in [-0.2, -0.15) is 0 Å². The molecule has 3 rings (SSSR count). The number of rotatable bonds is 6. The molecule has 0 saturated carbocycles. The molecule has 1 aliphatic rings. The van der Waals surface area contributed by atoms with Crippen molar-refractivity contribution in [2.75, 3.05) is 0 Å². The maximum absolute atomic E-state index is 12.6. The second-order valence-electron chi connectivity index (χ2n) is 6.69. The van der Waals surface area contributed by atoms with Crippen molar-refractivity contribution in [2.45, 2.75) is 0 Å². The Labute approximate surface area is 184 Å². The highest BCUT2D eigenvalue weighted by Crippen LogP contribution is 2.40. The molecule has 0 aliphatic heterocycles. The average Bonchev–Trinajstić information content (AvgIpc) is 2.71. The van der Waals surface area contributed by atoms with Crippen LogP contribution in [0, 0.1) is 0 Å². The van der Waals surface area contributed by atoms with Crippen LogP contribution in [-0.4, -0.2) is 78.0 Å². The summed E-state index contributed by atoms with van der Waals surface area (Å²) in [6.07, 6.45) is 0. The Hall–Kier alpha value is -5.40. The molecule has 2 aromatic carbocycles. The zero-order chi connectivity index (χ0) is 25.8. The molecule has 0 amide bonds. The van der Waals surface area contributed by atoms with E-state index in [1.54, 1.807) is 0 Å². The number of carbonyl (C=O) groups excluding carboxylic acids is 2. The van der Waals surface area contributed by atoms with Crippen LogP contribution >= 0.6 is 0 Å². The molecular formula is C20H8O14. The molecule has 0 saturated heterocycles. The number of fused-ring (bicyclic) bond motifs is 2. The molecule has 0 unspecified atom stereocenters. The lowest BCUT2D eigenvalue weighted by molar-refractivity contribution is -0.135. The number of hydrogen-bond donors (Lipinski definition) is 6. The van der Waals surface area contributed by atoms with Crippen molar-refractivity contribution in [3.8, 4) is 0 Å². The summed E-state index contributed by atoms with van der Waals surface area (Å²) in [7, 11) is 0. The van der Waals surface area contributed by atoms with E-state index < -0.39 is 103 Å². The lowest BCUT2D eigenvalue weighted by Crippen LogP contribution is -2.32. The Bertz CT molecular complexity index is 1490. The van der Waals surface area contributed by atoms with Gasteiger partial charge in [0.15, 0.2) is 0 Å². The maximum atomic E-state index is 12.6. The van der Waals surface area contributed by atoms with E-state index in [9.17, 15) is 69.0 Å². The van der Waals surface area contributed by atoms with Gasteiger partial charge in [-0.3, -0.25) is 9.59 Å². The Morgan fingerprint density at radius 2 is 1.03 bits per heavy atom. The van der Waals surface area contributed by atoms with Gasteiger partial charge in [-0.15, -0.1) is 0 Å². The van der Waals surface area contributed by atoms with Crippen molar-refractivity contribution in [2.24, 2.45) is 0 Å². The number of carbonyl (C=O) groups is 8. The predicted octanol–water partition coefficient (Wildman–Crippen LogP) is 0.321. The number of aliphatic carboxylic acids is 2. The highest BCUT2D eigenvalue weighted by Gasteiger charge is 2.43. The molecule has 0 spiro atoms. The molecule has 0 fully saturated rings. The van der Waals surface area contributed by atoms with Gasteiger partial charge in [0.05, 0.1) is 27.8 Å². The standard InChI is InChI=1S/C20H8O14/c21-13-4-1-3-2-5(15(23)24)8(16(25)26)10(18(29)30)6(3)9(17(27)28)7(4)11(19(31)32)12(14(13)22)20(33)34/h1-2H,(H,23,24)(H,25,26)(H,27,28)(H,29,30)(H,31,32)(H,33,34). The van der Waals surface area contributed by atoms with Gasteiger partial charge in [0.25, 0.3) is 0 Å². The maximum Gasteiger partial charge on any atom is 0.340 e. The van der Waals surface area contributed by atoms with Gasteiger partial charge in [-0.05, 0) is 17.5 Å². The lowest BCUT2D eigenvalue weighted by Gasteiger charge is -2.22. The minimum Gasteiger partial charge on any atom is -0.478 e. The van der Waals surface area contributed by atoms with Crippen molar-refractivity contribution in [1.29, 1.82) is 0 Å². The van der Waals surface area contributed by atoms with Crippen LogP contribution in [0.5, 0.6) is 0 Å². The van der Waals surface area contributed by atoms with Crippen LogP contribution in [0.1, 0.15) is 57.4 Å². The first-order valence-electron chi connectivity index (χ1n) is 8.63. The van der Waals surface area contributed by atoms with E-state index in [4.69, 9.17) is 0 Å². The SMILES string of the molecule is O=C(O)C1=C(C(=O)O)c2c(cc3cc(C(=O)O)c(C(=O)O)c(C(=O)O)c3c2C(=O)O)C(=O)C1=O. The van der Waals surface area contributed by atoms with Gasteiger partial charge in [-0.1, -0.05) is 0 Å². The Morgan fingerprint density at radius 1 is 0.529 bits per heavy atom. The van der Waals surface area contributed by atoms with Crippen LogP contribution in [0.25, 0.3) is 16.3 Å². The molecule has 0 aromatic heterocycles. The minimum atomic E-state index is -2.19. The summed E-state index contributed by atoms with van der Waals surface area (Å²) in [5, 5.41) is 55.5. The number of carboxylic acids is 6. The van der Waals surface area contributed by atoms with Crippen LogP contribution in [-0.2, 0) is 14.4 Å². The highest BCUT2D eigenvalue weighted by molar-refractivity contribution is 6.60. The van der Waals surface area contributed by atoms with Crippen LogP contribution in [0.2, 0.25) is 0 Å². The first-order valence-corrected chi connectivity index (χ1v) is 8.63. The Kier molecular flexibility index (Phi) is 5.22. The zero-order valence-electron chi connectivity index (χ0n) is 16.1. The second-order valence-corrected chi connectivity index (χ2v) is 6.69. The lowest BCUT2D eigenvalue weighted by atomic mass is 9.77. The number of hydrogen-bond acceptors (Lipinski definition) is 8. The van der Waals surface area contributed by atoms with Crippen molar-refractivity contribution in [1.82, 2.24) is 0 Å². The second kappa shape index (κ2) is 7.63. The summed E-state index contributed by atoms with van der Waals surface area (Å²) in [5.74, 6) is -16.1. The van der Waals surface area contributed by atoms with E-state index in [1.165, 1.54) is 0 Å². The summed E-state index contributed by atoms with van der Waals surface area (Å²) in [6.45, 7) is 0. The third kappa shape index (κ3) is 3.13. The number of benzene rings is 2. The molecular weight excluding hydrogens is 464 g/mol. The molecule has 14 nitrogen and oxygen atoms in total. The average molecular weight is 472 g/mol. The summed E-state index contributed by atoms with van der Waals surface area (Å²) in [4.78, 5) is 95.7. The first kappa shape index (κ1) is 23.3. The summed E-state index contributed by atoms with van der Waals surface area (Å²) < 4.78 is 0. The number of aromatic carboxylic acids is 4. The predicted molar refractivity (Wildman–Crippen MR) is 103 cm³/mol. The van der Waals surface area contributed by atoms with Crippen molar-refractivity contribution in [3.05, 3.63) is 51.1 Å². The van der Waals surface area contributed by atoms with Gasteiger partial charge >= 0.3 is 35.8 Å². The quantitative estimate of drug-likeness (QED) is 0.244. The van der Waals surface area contributed by atoms with Crippen LogP contribution in [0.4, 0.5) is 0 Å². The van der Waals surface area contributed by atoms with E-state index in [1.807, 2.05) is 0 Å². The first-order chi connectivity index (χ1) is 15.7. The molecule has 1 aliphatic carbocycles. The summed E-state index contributed by atoms with van der Waals surface area (Å²) >= 11 is 0. The third-order valence-corrected chi connectivity index (χ3v) is 4.90. The largest absolute Gasteiger partial charge is 0.478 e. The molecule has 34 heavy (non-hydrogen) atoms.